The van der Waals surface area contributed by atoms with E-state index < -0.39 is 5.41 Å². The summed E-state index contributed by atoms with van der Waals surface area (Å²) in [6, 6.07) is 27.6. The van der Waals surface area contributed by atoms with Crippen LogP contribution in [0.2, 0.25) is 0 Å². The lowest BCUT2D eigenvalue weighted by molar-refractivity contribution is -0.125. The maximum absolute atomic E-state index is 13.8. The minimum absolute atomic E-state index is 0.176. The van der Waals surface area contributed by atoms with Gasteiger partial charge in [0.05, 0.1) is 0 Å². The van der Waals surface area contributed by atoms with E-state index >= 15 is 0 Å². The van der Waals surface area contributed by atoms with Gasteiger partial charge in [-0.2, -0.15) is 0 Å². The smallest absolute Gasteiger partial charge is 0.235 e. The van der Waals surface area contributed by atoms with Crippen LogP contribution in [0.15, 0.2) is 78.9 Å². The molecule has 0 heterocycles. The molecule has 2 heteroatoms. The Balaban J connectivity index is 1.52. The molecule has 1 N–H and O–H groups in total. The summed E-state index contributed by atoms with van der Waals surface area (Å²) in [6.45, 7) is 0.809. The molecule has 0 aliphatic heterocycles. The van der Waals surface area contributed by atoms with Crippen LogP contribution in [0.4, 0.5) is 0 Å². The molecule has 1 fully saturated rings. The first-order valence-electron chi connectivity index (χ1n) is 10.8. The predicted octanol–water partition coefficient (Wildman–Crippen LogP) is 5.50. The normalized spacial score (nSPS) is 16.1. The third kappa shape index (κ3) is 3.27. The fourth-order valence-electron chi connectivity index (χ4n) is 4.87. The number of carbonyl (C=O) groups excluding carboxylic acids is 1. The number of hydrogen-bond acceptors (Lipinski definition) is 1. The van der Waals surface area contributed by atoms with Gasteiger partial charge in [0.25, 0.3) is 0 Å². The molecule has 0 bridgehead atoms. The maximum Gasteiger partial charge on any atom is 0.235 e. The second-order valence-corrected chi connectivity index (χ2v) is 8.49. The van der Waals surface area contributed by atoms with E-state index in [0.717, 1.165) is 25.8 Å². The first kappa shape index (κ1) is 18.2. The molecule has 0 spiro atoms. The van der Waals surface area contributed by atoms with Crippen molar-refractivity contribution in [2.24, 2.45) is 5.92 Å². The Morgan fingerprint density at radius 3 is 2.03 bits per heavy atom. The van der Waals surface area contributed by atoms with Gasteiger partial charge in [-0.25, -0.2) is 0 Å². The van der Waals surface area contributed by atoms with Crippen LogP contribution in [0.25, 0.3) is 11.1 Å². The zero-order valence-corrected chi connectivity index (χ0v) is 16.7. The van der Waals surface area contributed by atoms with Crippen molar-refractivity contribution in [3.05, 3.63) is 95.6 Å². The summed E-state index contributed by atoms with van der Waals surface area (Å²) in [6.07, 6.45) is 5.28. The number of nitrogens with one attached hydrogen (secondary N) is 1. The van der Waals surface area contributed by atoms with E-state index in [2.05, 4.69) is 84.2 Å². The van der Waals surface area contributed by atoms with Gasteiger partial charge < -0.3 is 5.32 Å². The Kier molecular flexibility index (Phi) is 4.71. The molecule has 0 atom stereocenters. The molecule has 2 nitrogen and oxygen atoms in total. The fourth-order valence-corrected chi connectivity index (χ4v) is 4.87. The molecule has 146 valence electrons. The average Bonchev–Trinajstić information content (AvgIpc) is 3.56. The van der Waals surface area contributed by atoms with Gasteiger partial charge in [-0.05, 0) is 65.8 Å². The van der Waals surface area contributed by atoms with E-state index in [4.69, 9.17) is 0 Å². The van der Waals surface area contributed by atoms with Crippen molar-refractivity contribution in [3.8, 4) is 11.1 Å². The van der Waals surface area contributed by atoms with Crippen molar-refractivity contribution in [1.82, 2.24) is 5.32 Å². The lowest BCUT2D eigenvalue weighted by Crippen LogP contribution is -2.45. The van der Waals surface area contributed by atoms with Crippen LogP contribution < -0.4 is 5.32 Å². The van der Waals surface area contributed by atoms with E-state index in [1.54, 1.807) is 0 Å². The number of carbonyl (C=O) groups is 1. The highest BCUT2D eigenvalue weighted by Crippen LogP contribution is 2.51. The van der Waals surface area contributed by atoms with Crippen LogP contribution in [0, 0.1) is 5.92 Å². The largest absolute Gasteiger partial charge is 0.355 e. The summed E-state index contributed by atoms with van der Waals surface area (Å²) in [7, 11) is 0. The van der Waals surface area contributed by atoms with Crippen LogP contribution in [-0.2, 0) is 16.6 Å². The molecule has 1 saturated carbocycles. The van der Waals surface area contributed by atoms with Gasteiger partial charge in [0.15, 0.2) is 0 Å². The molecular weight excluding hydrogens is 354 g/mol. The first-order valence-corrected chi connectivity index (χ1v) is 10.8. The van der Waals surface area contributed by atoms with Crippen molar-refractivity contribution < 1.29 is 4.79 Å². The molecule has 1 amide bonds. The van der Waals surface area contributed by atoms with Crippen molar-refractivity contribution >= 4 is 5.91 Å². The third-order valence-corrected chi connectivity index (χ3v) is 6.56. The third-order valence-electron chi connectivity index (χ3n) is 6.56. The summed E-state index contributed by atoms with van der Waals surface area (Å²) in [5.41, 5.74) is 5.51. The zero-order valence-electron chi connectivity index (χ0n) is 16.7. The molecule has 0 saturated heterocycles. The summed E-state index contributed by atoms with van der Waals surface area (Å²) < 4.78 is 0. The molecule has 0 aromatic heterocycles. The molecule has 3 aromatic carbocycles. The van der Waals surface area contributed by atoms with Crippen LogP contribution >= 0.6 is 0 Å². The number of hydrogen-bond donors (Lipinski definition) is 1. The molecule has 3 aromatic rings. The number of rotatable bonds is 7. The molecule has 0 unspecified atom stereocenters. The first-order chi connectivity index (χ1) is 14.3. The quantitative estimate of drug-likeness (QED) is 0.575. The Morgan fingerprint density at radius 1 is 0.828 bits per heavy atom. The van der Waals surface area contributed by atoms with Gasteiger partial charge in [0.1, 0.15) is 5.41 Å². The topological polar surface area (TPSA) is 29.1 Å². The SMILES string of the molecule is O=C(NCC1CC1)C1(CCCc2ccccc2)c2ccccc2-c2ccccc21. The molecule has 29 heavy (non-hydrogen) atoms. The average molecular weight is 382 g/mol. The Bertz CT molecular complexity index is 974. The number of amides is 1. The number of benzene rings is 3. The van der Waals surface area contributed by atoms with Crippen molar-refractivity contribution in [3.63, 3.8) is 0 Å². The van der Waals surface area contributed by atoms with Gasteiger partial charge in [-0.3, -0.25) is 4.79 Å². The Labute approximate surface area is 173 Å². The lowest BCUT2D eigenvalue weighted by Gasteiger charge is -2.31. The highest BCUT2D eigenvalue weighted by molar-refractivity contribution is 6.00. The fraction of sp³-hybridized carbons (Fsp3) is 0.296. The van der Waals surface area contributed by atoms with Crippen molar-refractivity contribution in [2.75, 3.05) is 6.54 Å². The summed E-state index contributed by atoms with van der Waals surface area (Å²) >= 11 is 0. The molecular formula is C27H27NO. The van der Waals surface area contributed by atoms with Crippen molar-refractivity contribution in [2.45, 2.75) is 37.5 Å². The standard InChI is InChI=1S/C27H27NO/c29-26(28-19-21-16-17-21)27(18-8-11-20-9-2-1-3-10-20)24-14-6-4-12-22(24)23-13-5-7-15-25(23)27/h1-7,9-10,12-15,21H,8,11,16-19H2,(H,28,29). The molecule has 2 aliphatic rings. The van der Waals surface area contributed by atoms with Crippen molar-refractivity contribution in [1.29, 1.82) is 0 Å². The second-order valence-electron chi connectivity index (χ2n) is 8.49. The lowest BCUT2D eigenvalue weighted by atomic mass is 9.73. The minimum Gasteiger partial charge on any atom is -0.355 e. The Morgan fingerprint density at radius 2 is 1.41 bits per heavy atom. The van der Waals surface area contributed by atoms with E-state index in [1.807, 2.05) is 0 Å². The highest BCUT2D eigenvalue weighted by Gasteiger charge is 2.48. The molecule has 0 radical (unpaired) electrons. The van der Waals surface area contributed by atoms with Gasteiger partial charge >= 0.3 is 0 Å². The van der Waals surface area contributed by atoms with E-state index in [0.29, 0.717) is 5.92 Å². The van der Waals surface area contributed by atoms with E-state index in [-0.39, 0.29) is 5.91 Å². The van der Waals surface area contributed by atoms with E-state index in [9.17, 15) is 4.79 Å². The van der Waals surface area contributed by atoms with Gasteiger partial charge in [0, 0.05) is 6.54 Å². The van der Waals surface area contributed by atoms with Crippen LogP contribution in [0.3, 0.4) is 0 Å². The predicted molar refractivity (Wildman–Crippen MR) is 118 cm³/mol. The van der Waals surface area contributed by atoms with Crippen LogP contribution in [-0.4, -0.2) is 12.5 Å². The van der Waals surface area contributed by atoms with E-state index in [1.165, 1.54) is 40.7 Å². The monoisotopic (exact) mass is 381 g/mol. The number of fused-ring (bicyclic) bond motifs is 3. The minimum atomic E-state index is -0.586. The summed E-state index contributed by atoms with van der Waals surface area (Å²) in [5.74, 6) is 0.849. The highest BCUT2D eigenvalue weighted by atomic mass is 16.2. The molecule has 5 rings (SSSR count). The van der Waals surface area contributed by atoms with Crippen LogP contribution in [0.5, 0.6) is 0 Å². The van der Waals surface area contributed by atoms with Gasteiger partial charge in [0.2, 0.25) is 5.91 Å². The number of aryl methyl sites for hydroxylation is 1. The second kappa shape index (κ2) is 7.51. The van der Waals surface area contributed by atoms with Crippen LogP contribution in [0.1, 0.15) is 42.4 Å². The maximum atomic E-state index is 13.8. The summed E-state index contributed by atoms with van der Waals surface area (Å²) in [4.78, 5) is 13.8. The van der Waals surface area contributed by atoms with Gasteiger partial charge in [-0.15, -0.1) is 0 Å². The molecule has 2 aliphatic carbocycles. The zero-order chi connectivity index (χ0) is 19.7. The van der Waals surface area contributed by atoms with Gasteiger partial charge in [-0.1, -0.05) is 78.9 Å². The summed E-state index contributed by atoms with van der Waals surface area (Å²) in [5, 5.41) is 3.32. The Hall–Kier alpha value is -2.87.